The fourth-order valence-corrected chi connectivity index (χ4v) is 3.54. The minimum Gasteiger partial charge on any atom is -0.361 e. The summed E-state index contributed by atoms with van der Waals surface area (Å²) >= 11 is 5.96. The molecule has 160 valence electrons. The second-order valence-corrected chi connectivity index (χ2v) is 7.73. The maximum atomic E-state index is 12.9. The van der Waals surface area contributed by atoms with Gasteiger partial charge >= 0.3 is 0 Å². The number of aromatic amines is 1. The van der Waals surface area contributed by atoms with Crippen molar-refractivity contribution in [2.75, 3.05) is 6.54 Å². The molecule has 4 aromatic rings. The van der Waals surface area contributed by atoms with Crippen molar-refractivity contribution in [3.8, 4) is 0 Å². The molecule has 32 heavy (non-hydrogen) atoms. The number of carbonyl (C=O) groups is 2. The van der Waals surface area contributed by atoms with E-state index in [1.165, 1.54) is 0 Å². The number of halogens is 1. The molecule has 0 fully saturated rings. The van der Waals surface area contributed by atoms with E-state index in [9.17, 15) is 9.59 Å². The Balaban J connectivity index is 1.48. The lowest BCUT2D eigenvalue weighted by Gasteiger charge is -2.11. The van der Waals surface area contributed by atoms with Gasteiger partial charge in [-0.15, -0.1) is 0 Å². The zero-order chi connectivity index (χ0) is 22.3. The molecule has 6 heteroatoms. The molecule has 0 spiro atoms. The molecule has 5 nitrogen and oxygen atoms in total. The van der Waals surface area contributed by atoms with Crippen molar-refractivity contribution in [1.82, 2.24) is 15.6 Å². The van der Waals surface area contributed by atoms with Gasteiger partial charge in [-0.2, -0.15) is 0 Å². The number of H-pyrrole nitrogens is 1. The summed E-state index contributed by atoms with van der Waals surface area (Å²) in [6, 6.07) is 23.9. The van der Waals surface area contributed by atoms with E-state index in [0.717, 1.165) is 22.0 Å². The van der Waals surface area contributed by atoms with Crippen LogP contribution in [0.2, 0.25) is 5.02 Å². The number of rotatable bonds is 7. The van der Waals surface area contributed by atoms with Crippen LogP contribution in [0.4, 0.5) is 0 Å². The van der Waals surface area contributed by atoms with E-state index in [0.29, 0.717) is 23.6 Å². The first kappa shape index (κ1) is 21.4. The molecular formula is C26H22ClN3O2. The molecule has 0 aliphatic carbocycles. The monoisotopic (exact) mass is 443 g/mol. The van der Waals surface area contributed by atoms with Gasteiger partial charge in [0.1, 0.15) is 5.70 Å². The molecule has 0 atom stereocenters. The molecule has 0 saturated carbocycles. The first-order valence-corrected chi connectivity index (χ1v) is 10.6. The van der Waals surface area contributed by atoms with E-state index in [4.69, 9.17) is 11.6 Å². The summed E-state index contributed by atoms with van der Waals surface area (Å²) in [6.07, 6.45) is 4.26. The zero-order valence-corrected chi connectivity index (χ0v) is 18.0. The highest BCUT2D eigenvalue weighted by Crippen LogP contribution is 2.18. The molecule has 0 bridgehead atoms. The minimum absolute atomic E-state index is 0.167. The summed E-state index contributed by atoms with van der Waals surface area (Å²) in [5.41, 5.74) is 3.58. The van der Waals surface area contributed by atoms with E-state index in [1.54, 1.807) is 54.6 Å². The van der Waals surface area contributed by atoms with Crippen LogP contribution in [0.1, 0.15) is 21.5 Å². The normalized spacial score (nSPS) is 11.3. The van der Waals surface area contributed by atoms with Gasteiger partial charge < -0.3 is 15.6 Å². The number of benzene rings is 3. The maximum Gasteiger partial charge on any atom is 0.267 e. The third-order valence-corrected chi connectivity index (χ3v) is 5.32. The van der Waals surface area contributed by atoms with Crippen molar-refractivity contribution in [3.63, 3.8) is 0 Å². The molecule has 0 unspecified atom stereocenters. The van der Waals surface area contributed by atoms with Crippen LogP contribution in [-0.2, 0) is 11.2 Å². The highest BCUT2D eigenvalue weighted by Gasteiger charge is 2.15. The van der Waals surface area contributed by atoms with Crippen LogP contribution in [0, 0.1) is 0 Å². The average molecular weight is 444 g/mol. The SMILES string of the molecule is O=C(NCCc1c[nH]c2ccccc12)C(=Cc1ccc(Cl)cc1)NC(=O)c1ccccc1. The predicted molar refractivity (Wildman–Crippen MR) is 128 cm³/mol. The standard InChI is InChI=1S/C26H22ClN3O2/c27-21-12-10-18(11-13-21)16-24(30-25(31)19-6-2-1-3-7-19)26(32)28-15-14-20-17-29-23-9-5-4-8-22(20)23/h1-13,16-17,29H,14-15H2,(H,28,32)(H,30,31). The second kappa shape index (κ2) is 9.98. The Morgan fingerprint density at radius 1 is 0.906 bits per heavy atom. The molecule has 0 saturated heterocycles. The number of hydrogen-bond donors (Lipinski definition) is 3. The average Bonchev–Trinajstić information content (AvgIpc) is 3.23. The van der Waals surface area contributed by atoms with Crippen LogP contribution in [0.5, 0.6) is 0 Å². The van der Waals surface area contributed by atoms with Crippen LogP contribution in [0.25, 0.3) is 17.0 Å². The topological polar surface area (TPSA) is 74.0 Å². The molecule has 2 amide bonds. The van der Waals surface area contributed by atoms with Crippen molar-refractivity contribution in [2.24, 2.45) is 0 Å². The number of carbonyl (C=O) groups excluding carboxylic acids is 2. The van der Waals surface area contributed by atoms with E-state index in [1.807, 2.05) is 30.5 Å². The Labute approximate surface area is 191 Å². The van der Waals surface area contributed by atoms with E-state index in [2.05, 4.69) is 21.7 Å². The van der Waals surface area contributed by atoms with Crippen molar-refractivity contribution in [3.05, 3.63) is 112 Å². The Kier molecular flexibility index (Phi) is 6.68. The molecule has 3 N–H and O–H groups in total. The molecule has 3 aromatic carbocycles. The molecule has 0 aliphatic heterocycles. The lowest BCUT2D eigenvalue weighted by atomic mass is 10.1. The summed E-state index contributed by atoms with van der Waals surface area (Å²) in [5, 5.41) is 7.39. The first-order chi connectivity index (χ1) is 15.6. The van der Waals surface area contributed by atoms with Gasteiger partial charge in [-0.05, 0) is 54.0 Å². The fraction of sp³-hybridized carbons (Fsp3) is 0.0769. The minimum atomic E-state index is -0.357. The fourth-order valence-electron chi connectivity index (χ4n) is 3.41. The van der Waals surface area contributed by atoms with Crippen LogP contribution in [0.15, 0.2) is 90.8 Å². The van der Waals surface area contributed by atoms with Crippen LogP contribution in [-0.4, -0.2) is 23.3 Å². The molecule has 4 rings (SSSR count). The molecule has 1 aromatic heterocycles. The third-order valence-electron chi connectivity index (χ3n) is 5.06. The Bertz CT molecular complexity index is 1260. The van der Waals surface area contributed by atoms with Gasteiger partial charge in [0.15, 0.2) is 0 Å². The summed E-state index contributed by atoms with van der Waals surface area (Å²) < 4.78 is 0. The van der Waals surface area contributed by atoms with E-state index < -0.39 is 0 Å². The number of fused-ring (bicyclic) bond motifs is 1. The molecule has 0 aliphatic rings. The van der Waals surface area contributed by atoms with Crippen molar-refractivity contribution in [1.29, 1.82) is 0 Å². The number of hydrogen-bond acceptors (Lipinski definition) is 2. The zero-order valence-electron chi connectivity index (χ0n) is 17.3. The van der Waals surface area contributed by atoms with E-state index in [-0.39, 0.29) is 17.5 Å². The van der Waals surface area contributed by atoms with Crippen molar-refractivity contribution >= 4 is 40.4 Å². The smallest absolute Gasteiger partial charge is 0.267 e. The summed E-state index contributed by atoms with van der Waals surface area (Å²) in [6.45, 7) is 0.430. The lowest BCUT2D eigenvalue weighted by Crippen LogP contribution is -2.35. The largest absolute Gasteiger partial charge is 0.361 e. The lowest BCUT2D eigenvalue weighted by molar-refractivity contribution is -0.117. The number of aromatic nitrogens is 1. The van der Waals surface area contributed by atoms with Gasteiger partial charge in [0.25, 0.3) is 11.8 Å². The van der Waals surface area contributed by atoms with Gasteiger partial charge in [-0.3, -0.25) is 9.59 Å². The Morgan fingerprint density at radius 2 is 1.62 bits per heavy atom. The summed E-state index contributed by atoms with van der Waals surface area (Å²) in [4.78, 5) is 28.8. The molecule has 0 radical (unpaired) electrons. The molecular weight excluding hydrogens is 422 g/mol. The van der Waals surface area contributed by atoms with Gasteiger partial charge in [-0.1, -0.05) is 60.1 Å². The van der Waals surface area contributed by atoms with Crippen molar-refractivity contribution in [2.45, 2.75) is 6.42 Å². The second-order valence-electron chi connectivity index (χ2n) is 7.30. The van der Waals surface area contributed by atoms with Gasteiger partial charge in [-0.25, -0.2) is 0 Å². The third kappa shape index (κ3) is 5.25. The quantitative estimate of drug-likeness (QED) is 0.353. The first-order valence-electron chi connectivity index (χ1n) is 10.3. The number of para-hydroxylation sites is 1. The predicted octanol–water partition coefficient (Wildman–Crippen LogP) is 4.95. The maximum absolute atomic E-state index is 12.9. The Hall–Kier alpha value is -3.83. The van der Waals surface area contributed by atoms with Crippen molar-refractivity contribution < 1.29 is 9.59 Å². The van der Waals surface area contributed by atoms with Gasteiger partial charge in [0.2, 0.25) is 0 Å². The number of amides is 2. The highest BCUT2D eigenvalue weighted by molar-refractivity contribution is 6.30. The van der Waals surface area contributed by atoms with Gasteiger partial charge in [0.05, 0.1) is 0 Å². The number of nitrogens with one attached hydrogen (secondary N) is 3. The Morgan fingerprint density at radius 3 is 2.41 bits per heavy atom. The summed E-state index contributed by atoms with van der Waals surface area (Å²) in [5.74, 6) is -0.707. The van der Waals surface area contributed by atoms with Gasteiger partial charge in [0, 0.05) is 34.2 Å². The van der Waals surface area contributed by atoms with E-state index >= 15 is 0 Å². The molecule has 1 heterocycles. The highest BCUT2D eigenvalue weighted by atomic mass is 35.5. The van der Waals surface area contributed by atoms with Crippen LogP contribution < -0.4 is 10.6 Å². The van der Waals surface area contributed by atoms with Crippen LogP contribution in [0.3, 0.4) is 0 Å². The summed E-state index contributed by atoms with van der Waals surface area (Å²) in [7, 11) is 0. The van der Waals surface area contributed by atoms with Crippen LogP contribution >= 0.6 is 11.6 Å².